The third kappa shape index (κ3) is 2.88. The van der Waals surface area contributed by atoms with Crippen molar-refractivity contribution < 1.29 is 9.53 Å². The number of carbonyl (C=O) groups excluding carboxylic acids is 1. The van der Waals surface area contributed by atoms with Gasteiger partial charge in [-0.05, 0) is 24.3 Å². The maximum Gasteiger partial charge on any atom is 0.316 e. The zero-order valence-corrected chi connectivity index (χ0v) is 10.2. The maximum atomic E-state index is 11.0. The number of esters is 1. The van der Waals surface area contributed by atoms with E-state index in [1.54, 1.807) is 0 Å². The van der Waals surface area contributed by atoms with Gasteiger partial charge in [-0.15, -0.1) is 0 Å². The van der Waals surface area contributed by atoms with Gasteiger partial charge in [-0.2, -0.15) is 0 Å². The highest BCUT2D eigenvalue weighted by atomic mass is 32.2. The lowest BCUT2D eigenvalue weighted by Crippen LogP contribution is -2.03. The van der Waals surface area contributed by atoms with Crippen LogP contribution in [0.5, 0.6) is 0 Å². The predicted octanol–water partition coefficient (Wildman–Crippen LogP) is 2.08. The minimum atomic E-state index is -0.255. The zero-order valence-electron chi connectivity index (χ0n) is 9.34. The number of methoxy groups -OCH3 is 1. The predicted molar refractivity (Wildman–Crippen MR) is 68.9 cm³/mol. The van der Waals surface area contributed by atoms with Crippen LogP contribution in [0.2, 0.25) is 0 Å². The Balaban J connectivity index is 2.20. The molecular weight excluding hydrogens is 236 g/mol. The molecule has 2 aromatic rings. The molecular formula is C12H12N2O2S. The number of nitrogens with two attached hydrogens (primary N) is 1. The van der Waals surface area contributed by atoms with Crippen LogP contribution >= 0.6 is 11.8 Å². The fourth-order valence-electron chi connectivity index (χ4n) is 1.40. The van der Waals surface area contributed by atoms with Gasteiger partial charge >= 0.3 is 5.97 Å². The summed E-state index contributed by atoms with van der Waals surface area (Å²) in [7, 11) is 1.37. The average Bonchev–Trinajstić information content (AvgIpc) is 2.35. The van der Waals surface area contributed by atoms with Gasteiger partial charge in [0.15, 0.2) is 0 Å². The van der Waals surface area contributed by atoms with Gasteiger partial charge in [-0.3, -0.25) is 4.79 Å². The standard InChI is InChI=1S/C12H12N2O2S/c1-16-12(15)7-17-11-5-2-8-6-9(13)3-4-10(8)14-11/h2-6H,7,13H2,1H3. The van der Waals surface area contributed by atoms with E-state index >= 15 is 0 Å². The fraction of sp³-hybridized carbons (Fsp3) is 0.167. The van der Waals surface area contributed by atoms with E-state index in [-0.39, 0.29) is 11.7 Å². The van der Waals surface area contributed by atoms with Crippen molar-refractivity contribution in [3.63, 3.8) is 0 Å². The van der Waals surface area contributed by atoms with Crippen LogP contribution in [0, 0.1) is 0 Å². The molecule has 1 aromatic carbocycles. The molecule has 0 aliphatic rings. The van der Waals surface area contributed by atoms with Gasteiger partial charge in [0.1, 0.15) is 0 Å². The van der Waals surface area contributed by atoms with Crippen molar-refractivity contribution in [2.75, 3.05) is 18.6 Å². The Kier molecular flexibility index (Phi) is 3.49. The van der Waals surface area contributed by atoms with Crippen molar-refractivity contribution in [1.82, 2.24) is 4.98 Å². The summed E-state index contributed by atoms with van der Waals surface area (Å²) in [6.07, 6.45) is 0. The third-order valence-corrected chi connectivity index (χ3v) is 3.16. The summed E-state index contributed by atoms with van der Waals surface area (Å²) < 4.78 is 4.57. The third-order valence-electron chi connectivity index (χ3n) is 2.25. The van der Waals surface area contributed by atoms with E-state index in [2.05, 4.69) is 9.72 Å². The Morgan fingerprint density at radius 3 is 3.00 bits per heavy atom. The molecule has 0 unspecified atom stereocenters. The smallest absolute Gasteiger partial charge is 0.316 e. The van der Waals surface area contributed by atoms with E-state index in [4.69, 9.17) is 5.73 Å². The Morgan fingerprint density at radius 1 is 1.41 bits per heavy atom. The normalized spacial score (nSPS) is 10.4. The first-order valence-corrected chi connectivity index (χ1v) is 6.03. The number of ether oxygens (including phenoxy) is 1. The van der Waals surface area contributed by atoms with Crippen molar-refractivity contribution in [1.29, 1.82) is 0 Å². The van der Waals surface area contributed by atoms with Crippen LogP contribution in [-0.2, 0) is 9.53 Å². The second kappa shape index (κ2) is 5.05. The van der Waals surface area contributed by atoms with Crippen molar-refractivity contribution in [2.24, 2.45) is 0 Å². The fourth-order valence-corrected chi connectivity index (χ4v) is 2.11. The molecule has 4 nitrogen and oxygen atoms in total. The molecule has 0 fully saturated rings. The molecule has 0 amide bonds. The number of carbonyl (C=O) groups is 1. The molecule has 0 bridgehead atoms. The molecule has 0 spiro atoms. The zero-order chi connectivity index (χ0) is 12.3. The Labute approximate surface area is 103 Å². The van der Waals surface area contributed by atoms with Gasteiger partial charge < -0.3 is 10.5 Å². The van der Waals surface area contributed by atoms with E-state index in [9.17, 15) is 4.79 Å². The Morgan fingerprint density at radius 2 is 2.24 bits per heavy atom. The molecule has 0 aliphatic carbocycles. The highest BCUT2D eigenvalue weighted by Crippen LogP contribution is 2.21. The summed E-state index contributed by atoms with van der Waals surface area (Å²) in [6, 6.07) is 9.36. The lowest BCUT2D eigenvalue weighted by atomic mass is 10.2. The molecule has 0 radical (unpaired) electrons. The molecule has 0 saturated heterocycles. The van der Waals surface area contributed by atoms with Crippen molar-refractivity contribution >= 4 is 34.3 Å². The first-order chi connectivity index (χ1) is 8.19. The number of nitrogens with zero attached hydrogens (tertiary/aromatic N) is 1. The summed E-state index contributed by atoms with van der Waals surface area (Å²) in [5, 5.41) is 1.79. The summed E-state index contributed by atoms with van der Waals surface area (Å²) in [5.74, 6) is 0.0125. The van der Waals surface area contributed by atoms with E-state index in [0.717, 1.165) is 15.9 Å². The van der Waals surface area contributed by atoms with Crippen LogP contribution in [0.3, 0.4) is 0 Å². The van der Waals surface area contributed by atoms with Crippen molar-refractivity contribution in [3.8, 4) is 0 Å². The van der Waals surface area contributed by atoms with E-state index in [1.807, 2.05) is 30.3 Å². The molecule has 1 aromatic heterocycles. The number of nitrogen functional groups attached to an aromatic ring is 1. The van der Waals surface area contributed by atoms with Gasteiger partial charge in [0.2, 0.25) is 0 Å². The molecule has 0 aliphatic heterocycles. The van der Waals surface area contributed by atoms with E-state index < -0.39 is 0 Å². The minimum Gasteiger partial charge on any atom is -0.468 e. The quantitative estimate of drug-likeness (QED) is 0.512. The van der Waals surface area contributed by atoms with Crippen molar-refractivity contribution in [2.45, 2.75) is 5.03 Å². The second-order valence-electron chi connectivity index (χ2n) is 3.47. The number of aromatic nitrogens is 1. The monoisotopic (exact) mass is 248 g/mol. The van der Waals surface area contributed by atoms with E-state index in [0.29, 0.717) is 5.69 Å². The summed E-state index contributed by atoms with van der Waals surface area (Å²) in [4.78, 5) is 15.4. The maximum absolute atomic E-state index is 11.0. The van der Waals surface area contributed by atoms with E-state index in [1.165, 1.54) is 18.9 Å². The molecule has 17 heavy (non-hydrogen) atoms. The van der Waals surface area contributed by atoms with Crippen LogP contribution in [-0.4, -0.2) is 23.8 Å². The Bertz CT molecular complexity index is 557. The van der Waals surface area contributed by atoms with Crippen LogP contribution < -0.4 is 5.73 Å². The summed E-state index contributed by atoms with van der Waals surface area (Å²) in [5.41, 5.74) is 7.27. The minimum absolute atomic E-state index is 0.255. The highest BCUT2D eigenvalue weighted by Gasteiger charge is 2.04. The van der Waals surface area contributed by atoms with Gasteiger partial charge in [0.25, 0.3) is 0 Å². The first-order valence-electron chi connectivity index (χ1n) is 5.05. The van der Waals surface area contributed by atoms with Gasteiger partial charge in [-0.25, -0.2) is 4.98 Å². The molecule has 0 atom stereocenters. The van der Waals surface area contributed by atoms with Crippen LogP contribution in [0.4, 0.5) is 5.69 Å². The second-order valence-corrected chi connectivity index (χ2v) is 4.46. The van der Waals surface area contributed by atoms with Crippen molar-refractivity contribution in [3.05, 3.63) is 30.3 Å². The molecule has 2 N–H and O–H groups in total. The van der Waals surface area contributed by atoms with Gasteiger partial charge in [-0.1, -0.05) is 17.8 Å². The molecule has 88 valence electrons. The first kappa shape index (κ1) is 11.7. The average molecular weight is 248 g/mol. The highest BCUT2D eigenvalue weighted by molar-refractivity contribution is 7.99. The van der Waals surface area contributed by atoms with Crippen LogP contribution in [0.15, 0.2) is 35.4 Å². The lowest BCUT2D eigenvalue weighted by Gasteiger charge is -2.03. The summed E-state index contributed by atoms with van der Waals surface area (Å²) in [6.45, 7) is 0. The number of thioether (sulfide) groups is 1. The lowest BCUT2D eigenvalue weighted by molar-refractivity contribution is -0.137. The number of benzene rings is 1. The van der Waals surface area contributed by atoms with Crippen LogP contribution in [0.25, 0.3) is 10.9 Å². The largest absolute Gasteiger partial charge is 0.468 e. The number of anilines is 1. The number of pyridine rings is 1. The topological polar surface area (TPSA) is 65.2 Å². The van der Waals surface area contributed by atoms with Gasteiger partial charge in [0.05, 0.1) is 23.4 Å². The van der Waals surface area contributed by atoms with Gasteiger partial charge in [0, 0.05) is 11.1 Å². The molecule has 1 heterocycles. The number of rotatable bonds is 3. The number of hydrogen-bond donors (Lipinski definition) is 1. The molecule has 5 heteroatoms. The van der Waals surface area contributed by atoms with Crippen LogP contribution in [0.1, 0.15) is 0 Å². The molecule has 2 rings (SSSR count). The summed E-state index contributed by atoms with van der Waals surface area (Å²) >= 11 is 1.36. The Hall–Kier alpha value is -1.75. The SMILES string of the molecule is COC(=O)CSc1ccc2cc(N)ccc2n1. The number of hydrogen-bond acceptors (Lipinski definition) is 5. The number of fused-ring (bicyclic) bond motifs is 1. The molecule has 0 saturated carbocycles.